The van der Waals surface area contributed by atoms with E-state index in [1.165, 1.54) is 0 Å². The molecule has 0 fully saturated rings. The number of hydrogen-bond donors (Lipinski definition) is 1. The maximum absolute atomic E-state index is 12.0. The van der Waals surface area contributed by atoms with E-state index >= 15 is 0 Å². The summed E-state index contributed by atoms with van der Waals surface area (Å²) in [6.07, 6.45) is 1.65. The standard InChI is InChI=1S/C15H11BrN2O3/c16-10-1-3-12(18-7-10)8-20-15(19)14-6-9-5-11(17)2-4-13(9)21-14/h1-7H,8,17H2. The van der Waals surface area contributed by atoms with Crippen LogP contribution in [0, 0.1) is 0 Å². The van der Waals surface area contributed by atoms with E-state index in [1.54, 1.807) is 36.5 Å². The molecule has 0 atom stereocenters. The van der Waals surface area contributed by atoms with Crippen LogP contribution >= 0.6 is 15.9 Å². The highest BCUT2D eigenvalue weighted by atomic mass is 79.9. The highest BCUT2D eigenvalue weighted by Crippen LogP contribution is 2.22. The Morgan fingerprint density at radius 3 is 2.90 bits per heavy atom. The van der Waals surface area contributed by atoms with Crippen molar-refractivity contribution in [2.75, 3.05) is 5.73 Å². The van der Waals surface area contributed by atoms with Crippen LogP contribution < -0.4 is 5.73 Å². The number of nitrogen functional groups attached to an aromatic ring is 1. The van der Waals surface area contributed by atoms with Crippen molar-refractivity contribution in [3.8, 4) is 0 Å². The molecular formula is C15H11BrN2O3. The summed E-state index contributed by atoms with van der Waals surface area (Å²) >= 11 is 3.29. The number of carbonyl (C=O) groups is 1. The number of carbonyl (C=O) groups excluding carboxylic acids is 1. The first kappa shape index (κ1) is 13.6. The fraction of sp³-hybridized carbons (Fsp3) is 0.0667. The van der Waals surface area contributed by atoms with Crippen LogP contribution in [0.1, 0.15) is 16.2 Å². The van der Waals surface area contributed by atoms with Gasteiger partial charge in [-0.15, -0.1) is 0 Å². The largest absolute Gasteiger partial charge is 0.453 e. The molecule has 0 unspecified atom stereocenters. The van der Waals surface area contributed by atoms with Crippen LogP contribution in [0.5, 0.6) is 0 Å². The van der Waals surface area contributed by atoms with E-state index in [-0.39, 0.29) is 12.4 Å². The first-order chi connectivity index (χ1) is 10.1. The molecule has 0 saturated carbocycles. The molecule has 3 aromatic rings. The third-order valence-electron chi connectivity index (χ3n) is 2.88. The number of fused-ring (bicyclic) bond motifs is 1. The van der Waals surface area contributed by atoms with Gasteiger partial charge < -0.3 is 14.9 Å². The number of nitrogens with two attached hydrogens (primary N) is 1. The Morgan fingerprint density at radius 1 is 1.29 bits per heavy atom. The van der Waals surface area contributed by atoms with Crippen molar-refractivity contribution in [1.29, 1.82) is 0 Å². The van der Waals surface area contributed by atoms with Gasteiger partial charge in [-0.1, -0.05) is 0 Å². The van der Waals surface area contributed by atoms with E-state index in [9.17, 15) is 4.79 Å². The summed E-state index contributed by atoms with van der Waals surface area (Å²) in [5, 5.41) is 0.767. The number of halogens is 1. The lowest BCUT2D eigenvalue weighted by molar-refractivity contribution is 0.0434. The fourth-order valence-corrected chi connectivity index (χ4v) is 2.10. The maximum atomic E-state index is 12.0. The van der Waals surface area contributed by atoms with E-state index < -0.39 is 5.97 Å². The van der Waals surface area contributed by atoms with Gasteiger partial charge in [-0.25, -0.2) is 4.79 Å². The Bertz CT molecular complexity index is 796. The van der Waals surface area contributed by atoms with Gasteiger partial charge in [0.25, 0.3) is 0 Å². The lowest BCUT2D eigenvalue weighted by Gasteiger charge is -2.02. The molecule has 0 aliphatic carbocycles. The number of aromatic nitrogens is 1. The van der Waals surface area contributed by atoms with Crippen LogP contribution in [0.4, 0.5) is 5.69 Å². The molecular weight excluding hydrogens is 336 g/mol. The quantitative estimate of drug-likeness (QED) is 0.579. The van der Waals surface area contributed by atoms with Crippen molar-refractivity contribution in [3.63, 3.8) is 0 Å². The van der Waals surface area contributed by atoms with Gasteiger partial charge in [-0.3, -0.25) is 4.98 Å². The zero-order valence-corrected chi connectivity index (χ0v) is 12.5. The first-order valence-corrected chi connectivity index (χ1v) is 6.98. The molecule has 21 heavy (non-hydrogen) atoms. The Kier molecular flexibility index (Phi) is 3.62. The van der Waals surface area contributed by atoms with Crippen molar-refractivity contribution in [2.45, 2.75) is 6.61 Å². The van der Waals surface area contributed by atoms with Gasteiger partial charge in [0.15, 0.2) is 0 Å². The second-order valence-corrected chi connectivity index (χ2v) is 5.37. The predicted octanol–water partition coefficient (Wildman–Crippen LogP) is 3.53. The second kappa shape index (κ2) is 5.57. The smallest absolute Gasteiger partial charge is 0.374 e. The van der Waals surface area contributed by atoms with Gasteiger partial charge in [0.2, 0.25) is 5.76 Å². The van der Waals surface area contributed by atoms with Gasteiger partial charge in [-0.2, -0.15) is 0 Å². The molecule has 0 aliphatic heterocycles. The Labute approximate surface area is 128 Å². The maximum Gasteiger partial charge on any atom is 0.374 e. The van der Waals surface area contributed by atoms with Crippen LogP contribution in [0.3, 0.4) is 0 Å². The molecule has 3 rings (SSSR count). The van der Waals surface area contributed by atoms with Crippen LogP contribution in [0.2, 0.25) is 0 Å². The summed E-state index contributed by atoms with van der Waals surface area (Å²) in [7, 11) is 0. The number of ether oxygens (including phenoxy) is 1. The minimum absolute atomic E-state index is 0.0886. The third-order valence-corrected chi connectivity index (χ3v) is 3.35. The van der Waals surface area contributed by atoms with Gasteiger partial charge in [0.1, 0.15) is 12.2 Å². The van der Waals surface area contributed by atoms with Gasteiger partial charge in [0, 0.05) is 21.7 Å². The van der Waals surface area contributed by atoms with Crippen molar-refractivity contribution in [2.24, 2.45) is 0 Å². The summed E-state index contributed by atoms with van der Waals surface area (Å²) in [5.74, 6) is -0.387. The Morgan fingerprint density at radius 2 is 2.14 bits per heavy atom. The van der Waals surface area contributed by atoms with E-state index in [1.807, 2.05) is 6.07 Å². The van der Waals surface area contributed by atoms with E-state index in [0.717, 1.165) is 9.86 Å². The molecule has 0 aliphatic rings. The van der Waals surface area contributed by atoms with Crippen molar-refractivity contribution >= 4 is 38.6 Å². The zero-order chi connectivity index (χ0) is 14.8. The number of nitrogens with zero attached hydrogens (tertiary/aromatic N) is 1. The molecule has 6 heteroatoms. The Balaban J connectivity index is 1.73. The van der Waals surface area contributed by atoms with E-state index in [2.05, 4.69) is 20.9 Å². The number of furan rings is 1. The first-order valence-electron chi connectivity index (χ1n) is 6.18. The monoisotopic (exact) mass is 346 g/mol. The van der Waals surface area contributed by atoms with Crippen molar-refractivity contribution in [3.05, 3.63) is 58.5 Å². The average Bonchev–Trinajstić information content (AvgIpc) is 2.89. The molecule has 0 spiro atoms. The zero-order valence-electron chi connectivity index (χ0n) is 10.9. The van der Waals surface area contributed by atoms with Crippen LogP contribution in [-0.4, -0.2) is 11.0 Å². The summed E-state index contributed by atoms with van der Waals surface area (Å²) in [4.78, 5) is 16.1. The fourth-order valence-electron chi connectivity index (χ4n) is 1.86. The van der Waals surface area contributed by atoms with Crippen LogP contribution in [0.15, 0.2) is 51.5 Å². The molecule has 0 saturated heterocycles. The molecule has 2 aromatic heterocycles. The summed E-state index contributed by atoms with van der Waals surface area (Å²) in [5.41, 5.74) is 7.55. The Hall–Kier alpha value is -2.34. The van der Waals surface area contributed by atoms with Gasteiger partial charge in [-0.05, 0) is 52.3 Å². The number of pyridine rings is 1. The average molecular weight is 347 g/mol. The number of esters is 1. The van der Waals surface area contributed by atoms with Crippen molar-refractivity contribution < 1.29 is 13.9 Å². The van der Waals surface area contributed by atoms with Gasteiger partial charge >= 0.3 is 5.97 Å². The lowest BCUT2D eigenvalue weighted by atomic mass is 10.2. The summed E-state index contributed by atoms with van der Waals surface area (Å²) < 4.78 is 11.5. The highest BCUT2D eigenvalue weighted by Gasteiger charge is 2.14. The van der Waals surface area contributed by atoms with Crippen LogP contribution in [0.25, 0.3) is 11.0 Å². The minimum atomic E-state index is -0.533. The molecule has 106 valence electrons. The van der Waals surface area contributed by atoms with Crippen molar-refractivity contribution in [1.82, 2.24) is 4.98 Å². The third kappa shape index (κ3) is 3.05. The molecule has 0 bridgehead atoms. The van der Waals surface area contributed by atoms with E-state index in [4.69, 9.17) is 14.9 Å². The second-order valence-electron chi connectivity index (χ2n) is 4.45. The number of anilines is 1. The highest BCUT2D eigenvalue weighted by molar-refractivity contribution is 9.10. The topological polar surface area (TPSA) is 78.3 Å². The van der Waals surface area contributed by atoms with E-state index in [0.29, 0.717) is 17.0 Å². The lowest BCUT2D eigenvalue weighted by Crippen LogP contribution is -2.04. The molecule has 5 nitrogen and oxygen atoms in total. The normalized spacial score (nSPS) is 10.7. The molecule has 2 N–H and O–H groups in total. The number of rotatable bonds is 3. The van der Waals surface area contributed by atoms with Gasteiger partial charge in [0.05, 0.1) is 5.69 Å². The summed E-state index contributed by atoms with van der Waals surface area (Å²) in [6.45, 7) is 0.0886. The SMILES string of the molecule is Nc1ccc2oc(C(=O)OCc3ccc(Br)cn3)cc2c1. The number of hydrogen-bond acceptors (Lipinski definition) is 5. The summed E-state index contributed by atoms with van der Waals surface area (Å²) in [6, 6.07) is 10.4. The number of benzene rings is 1. The minimum Gasteiger partial charge on any atom is -0.453 e. The molecule has 0 amide bonds. The molecule has 0 radical (unpaired) electrons. The molecule has 1 aromatic carbocycles. The predicted molar refractivity (Wildman–Crippen MR) is 81.7 cm³/mol. The van der Waals surface area contributed by atoms with Crippen LogP contribution in [-0.2, 0) is 11.3 Å². The molecule has 2 heterocycles.